The normalized spacial score (nSPS) is 22.5. The molecule has 0 heterocycles. The van der Waals surface area contributed by atoms with Gasteiger partial charge in [-0.3, -0.25) is 0 Å². The average molecular weight is 145 g/mol. The van der Waals surface area contributed by atoms with E-state index in [0.29, 0.717) is 5.41 Å². The van der Waals surface area contributed by atoms with Gasteiger partial charge >= 0.3 is 0 Å². The molecule has 0 spiro atoms. The molecule has 0 aromatic heterocycles. The van der Waals surface area contributed by atoms with E-state index in [2.05, 4.69) is 12.7 Å². The van der Waals surface area contributed by atoms with Gasteiger partial charge in [-0.05, 0) is 38.6 Å². The van der Waals surface area contributed by atoms with Gasteiger partial charge in [0.25, 0.3) is 0 Å². The van der Waals surface area contributed by atoms with Gasteiger partial charge in [0.05, 0.1) is 6.10 Å². The molecule has 0 aliphatic heterocycles. The highest BCUT2D eigenvalue weighted by molar-refractivity contribution is 4.95. The summed E-state index contributed by atoms with van der Waals surface area (Å²) in [5.74, 6) is 0. The number of aliphatic hydroxyl groups excluding tert-OH is 1. The number of aliphatic hydroxyl groups is 1. The minimum Gasteiger partial charge on any atom is -0.393 e. The molecular weight excluding hydrogens is 126 g/mol. The van der Waals surface area contributed by atoms with Crippen LogP contribution < -0.4 is 5.73 Å². The molecule has 1 aliphatic rings. The van der Waals surface area contributed by atoms with Crippen molar-refractivity contribution in [1.82, 2.24) is 0 Å². The molecule has 2 nitrogen and oxygen atoms in total. The predicted octanol–water partition coefficient (Wildman–Crippen LogP) is 1.13. The van der Waals surface area contributed by atoms with Crippen molar-refractivity contribution in [3.05, 3.63) is 0 Å². The maximum atomic E-state index is 9.14. The Kier molecular flexibility index (Phi) is 3.91. The van der Waals surface area contributed by atoms with Crippen LogP contribution in [-0.4, -0.2) is 18.3 Å². The molecular formula is C8H19NO. The maximum Gasteiger partial charge on any atom is 0.0568 e. The summed E-state index contributed by atoms with van der Waals surface area (Å²) in [5.41, 5.74) is 4.85. The summed E-state index contributed by atoms with van der Waals surface area (Å²) in [6, 6.07) is 0. The molecule has 0 saturated heterocycles. The van der Waals surface area contributed by atoms with Crippen LogP contribution in [0.25, 0.3) is 0 Å². The second kappa shape index (κ2) is 3.94. The minimum atomic E-state index is -0.0764. The first-order valence-corrected chi connectivity index (χ1v) is 3.97. The van der Waals surface area contributed by atoms with Crippen LogP contribution in [0.2, 0.25) is 0 Å². The number of hydrogen-bond donors (Lipinski definition) is 2. The molecule has 0 bridgehead atoms. The van der Waals surface area contributed by atoms with Crippen molar-refractivity contribution in [3.63, 3.8) is 0 Å². The Morgan fingerprint density at radius 1 is 1.50 bits per heavy atom. The van der Waals surface area contributed by atoms with Gasteiger partial charge < -0.3 is 10.8 Å². The van der Waals surface area contributed by atoms with E-state index in [9.17, 15) is 0 Å². The Hall–Kier alpha value is -0.0800. The van der Waals surface area contributed by atoms with Gasteiger partial charge in [-0.1, -0.05) is 6.92 Å². The Morgan fingerprint density at radius 3 is 1.90 bits per heavy atom. The lowest BCUT2D eigenvalue weighted by molar-refractivity contribution is 0.108. The molecule has 10 heavy (non-hydrogen) atoms. The Bertz CT molecular complexity index is 87.3. The molecule has 0 aromatic carbocycles. The fourth-order valence-corrected chi connectivity index (χ4v) is 1.23. The average Bonchev–Trinajstić information content (AvgIpc) is 2.71. The third-order valence-corrected chi connectivity index (χ3v) is 2.48. The van der Waals surface area contributed by atoms with Crippen LogP contribution in [0.15, 0.2) is 0 Å². The molecule has 0 amide bonds. The molecule has 1 aliphatic carbocycles. The van der Waals surface area contributed by atoms with E-state index < -0.39 is 0 Å². The molecule has 1 atom stereocenters. The first-order valence-electron chi connectivity index (χ1n) is 3.97. The highest BCUT2D eigenvalue weighted by atomic mass is 16.3. The van der Waals surface area contributed by atoms with Crippen molar-refractivity contribution in [3.8, 4) is 0 Å². The first-order chi connectivity index (χ1) is 4.71. The fraction of sp³-hybridized carbons (Fsp3) is 1.00. The van der Waals surface area contributed by atoms with Crippen molar-refractivity contribution >= 4 is 0 Å². The zero-order valence-electron chi connectivity index (χ0n) is 7.22. The van der Waals surface area contributed by atoms with Gasteiger partial charge in [0.1, 0.15) is 0 Å². The topological polar surface area (TPSA) is 46.2 Å². The second-order valence-corrected chi connectivity index (χ2v) is 2.89. The lowest BCUT2D eigenvalue weighted by Gasteiger charge is -2.14. The molecule has 3 N–H and O–H groups in total. The summed E-state index contributed by atoms with van der Waals surface area (Å²) in [4.78, 5) is 0. The Balaban J connectivity index is 0.000000371. The van der Waals surface area contributed by atoms with Gasteiger partial charge in [-0.25, -0.2) is 0 Å². The molecule has 1 fully saturated rings. The van der Waals surface area contributed by atoms with E-state index in [0.717, 1.165) is 6.42 Å². The zero-order valence-corrected chi connectivity index (χ0v) is 7.22. The molecule has 1 unspecified atom stereocenters. The largest absolute Gasteiger partial charge is 0.393 e. The smallest absolute Gasteiger partial charge is 0.0568 e. The summed E-state index contributed by atoms with van der Waals surface area (Å²) >= 11 is 0. The highest BCUT2D eigenvalue weighted by Gasteiger charge is 2.44. The van der Waals surface area contributed by atoms with E-state index in [4.69, 9.17) is 5.11 Å². The maximum absolute atomic E-state index is 9.14. The number of hydrogen-bond acceptors (Lipinski definition) is 2. The van der Waals surface area contributed by atoms with E-state index in [1.807, 2.05) is 6.92 Å². The van der Waals surface area contributed by atoms with Crippen LogP contribution in [0.1, 0.15) is 33.1 Å². The van der Waals surface area contributed by atoms with Crippen molar-refractivity contribution in [1.29, 1.82) is 0 Å². The summed E-state index contributed by atoms with van der Waals surface area (Å²) in [5, 5.41) is 9.14. The lowest BCUT2D eigenvalue weighted by Crippen LogP contribution is -2.16. The molecule has 1 rings (SSSR count). The summed E-state index contributed by atoms with van der Waals surface area (Å²) in [7, 11) is 1.50. The zero-order chi connectivity index (χ0) is 8.20. The molecule has 2 heteroatoms. The molecule has 62 valence electrons. The van der Waals surface area contributed by atoms with Gasteiger partial charge in [0.15, 0.2) is 0 Å². The molecule has 0 aromatic rings. The van der Waals surface area contributed by atoms with Crippen molar-refractivity contribution in [2.45, 2.75) is 39.2 Å². The highest BCUT2D eigenvalue weighted by Crippen LogP contribution is 2.51. The van der Waals surface area contributed by atoms with Crippen LogP contribution in [-0.2, 0) is 0 Å². The molecule has 1 saturated carbocycles. The van der Waals surface area contributed by atoms with Crippen molar-refractivity contribution < 1.29 is 5.11 Å². The fourth-order valence-electron chi connectivity index (χ4n) is 1.23. The minimum absolute atomic E-state index is 0.0764. The Morgan fingerprint density at radius 2 is 1.90 bits per heavy atom. The standard InChI is InChI=1S/C7H14O.CH5N/c1-3-7(4-5-7)6(2)8;1-2/h6,8H,3-5H2,1-2H3;2H2,1H3. The third kappa shape index (κ3) is 1.96. The summed E-state index contributed by atoms with van der Waals surface area (Å²) in [6.07, 6.45) is 3.54. The van der Waals surface area contributed by atoms with Crippen LogP contribution >= 0.6 is 0 Å². The predicted molar refractivity (Wildman–Crippen MR) is 43.8 cm³/mol. The second-order valence-electron chi connectivity index (χ2n) is 2.89. The monoisotopic (exact) mass is 145 g/mol. The summed E-state index contributed by atoms with van der Waals surface area (Å²) in [6.45, 7) is 4.05. The number of rotatable bonds is 2. The van der Waals surface area contributed by atoms with Crippen LogP contribution in [0.4, 0.5) is 0 Å². The lowest BCUT2D eigenvalue weighted by atomic mass is 9.98. The third-order valence-electron chi connectivity index (χ3n) is 2.48. The first kappa shape index (κ1) is 9.92. The van der Waals surface area contributed by atoms with Gasteiger partial charge in [0, 0.05) is 0 Å². The van der Waals surface area contributed by atoms with Gasteiger partial charge in [-0.2, -0.15) is 0 Å². The molecule has 0 radical (unpaired) electrons. The summed E-state index contributed by atoms with van der Waals surface area (Å²) < 4.78 is 0. The van der Waals surface area contributed by atoms with Gasteiger partial charge in [-0.15, -0.1) is 0 Å². The van der Waals surface area contributed by atoms with Crippen LogP contribution in [0, 0.1) is 5.41 Å². The Labute approximate surface area is 63.4 Å². The van der Waals surface area contributed by atoms with Crippen molar-refractivity contribution in [2.24, 2.45) is 11.1 Å². The van der Waals surface area contributed by atoms with E-state index >= 15 is 0 Å². The van der Waals surface area contributed by atoms with Crippen molar-refractivity contribution in [2.75, 3.05) is 7.05 Å². The van der Waals surface area contributed by atoms with Crippen LogP contribution in [0.5, 0.6) is 0 Å². The van der Waals surface area contributed by atoms with E-state index in [1.165, 1.54) is 19.9 Å². The SMILES string of the molecule is CCC1(C(C)O)CC1.CN. The van der Waals surface area contributed by atoms with Gasteiger partial charge in [0.2, 0.25) is 0 Å². The van der Waals surface area contributed by atoms with E-state index in [1.54, 1.807) is 0 Å². The van der Waals surface area contributed by atoms with Crippen LogP contribution in [0.3, 0.4) is 0 Å². The quantitative estimate of drug-likeness (QED) is 0.612. The van der Waals surface area contributed by atoms with E-state index in [-0.39, 0.29) is 6.10 Å². The number of nitrogens with two attached hydrogens (primary N) is 1.